The Morgan fingerprint density at radius 1 is 1.31 bits per heavy atom. The first-order chi connectivity index (χ1) is 12.7. The molecule has 1 aromatic carbocycles. The molecule has 1 aliphatic rings. The molecule has 0 aliphatic carbocycles. The number of nitrogens with zero attached hydrogens (tertiary/aromatic N) is 4. The topological polar surface area (TPSA) is 72.1 Å². The van der Waals surface area contributed by atoms with Crippen molar-refractivity contribution in [1.29, 1.82) is 0 Å². The van der Waals surface area contributed by atoms with Crippen LogP contribution in [0, 0.1) is 6.92 Å². The quantitative estimate of drug-likeness (QED) is 0.695. The standard InChI is InChI=1S/C19H20N4O2S/c1-3-15-20-12(2)16(26-15)19(24)23-11-7-10-14(23)18-21-17(22-25-18)13-8-5-4-6-9-13/h4-6,8-9,14H,3,7,10-11H2,1-2H3/t14-/m1/s1. The van der Waals surface area contributed by atoms with E-state index in [-0.39, 0.29) is 11.9 Å². The summed E-state index contributed by atoms with van der Waals surface area (Å²) in [7, 11) is 0. The van der Waals surface area contributed by atoms with Crippen LogP contribution in [0.1, 0.15) is 52.1 Å². The van der Waals surface area contributed by atoms with E-state index in [1.165, 1.54) is 11.3 Å². The molecular formula is C19H20N4O2S. The summed E-state index contributed by atoms with van der Waals surface area (Å²) in [5.41, 5.74) is 1.71. The van der Waals surface area contributed by atoms with E-state index in [1.807, 2.05) is 42.2 Å². The molecule has 26 heavy (non-hydrogen) atoms. The highest BCUT2D eigenvalue weighted by molar-refractivity contribution is 7.13. The minimum absolute atomic E-state index is 0.0154. The maximum absolute atomic E-state index is 13.1. The maximum atomic E-state index is 13.1. The number of carbonyl (C=O) groups is 1. The summed E-state index contributed by atoms with van der Waals surface area (Å²) in [6.45, 7) is 4.65. The van der Waals surface area contributed by atoms with Gasteiger partial charge < -0.3 is 9.42 Å². The molecule has 0 bridgehead atoms. The molecule has 6 nitrogen and oxygen atoms in total. The minimum atomic E-state index is -0.168. The lowest BCUT2D eigenvalue weighted by atomic mass is 10.2. The van der Waals surface area contributed by atoms with Crippen molar-refractivity contribution in [3.63, 3.8) is 0 Å². The monoisotopic (exact) mass is 368 g/mol. The highest BCUT2D eigenvalue weighted by atomic mass is 32.1. The predicted molar refractivity (Wildman–Crippen MR) is 99.0 cm³/mol. The first-order valence-electron chi connectivity index (χ1n) is 8.83. The van der Waals surface area contributed by atoms with Gasteiger partial charge in [-0.05, 0) is 26.2 Å². The molecule has 4 rings (SSSR count). The van der Waals surface area contributed by atoms with Gasteiger partial charge in [0.1, 0.15) is 10.9 Å². The minimum Gasteiger partial charge on any atom is -0.337 e. The third-order valence-corrected chi connectivity index (χ3v) is 5.90. The van der Waals surface area contributed by atoms with Gasteiger partial charge in [-0.1, -0.05) is 42.4 Å². The van der Waals surface area contributed by atoms with E-state index in [9.17, 15) is 4.79 Å². The first-order valence-corrected chi connectivity index (χ1v) is 9.65. The number of aromatic nitrogens is 3. The molecule has 1 amide bonds. The van der Waals surface area contributed by atoms with Crippen molar-refractivity contribution < 1.29 is 9.32 Å². The smallest absolute Gasteiger partial charge is 0.266 e. The Hall–Kier alpha value is -2.54. The molecule has 1 fully saturated rings. The average Bonchev–Trinajstić information content (AvgIpc) is 3.40. The second-order valence-corrected chi connectivity index (χ2v) is 7.44. The SMILES string of the molecule is CCc1nc(C)c(C(=O)N2CCC[C@@H]2c2nc(-c3ccccc3)no2)s1. The van der Waals surface area contributed by atoms with E-state index in [2.05, 4.69) is 22.0 Å². The average molecular weight is 368 g/mol. The number of carbonyl (C=O) groups excluding carboxylic acids is 1. The Kier molecular flexibility index (Phi) is 4.55. The summed E-state index contributed by atoms with van der Waals surface area (Å²) in [6, 6.07) is 9.55. The lowest BCUT2D eigenvalue weighted by molar-refractivity contribution is 0.0714. The Morgan fingerprint density at radius 3 is 2.85 bits per heavy atom. The predicted octanol–water partition coefficient (Wildman–Crippen LogP) is 4.04. The molecule has 3 heterocycles. The fourth-order valence-electron chi connectivity index (χ4n) is 3.27. The zero-order valence-electron chi connectivity index (χ0n) is 14.8. The molecule has 0 radical (unpaired) electrons. The lowest BCUT2D eigenvalue weighted by Gasteiger charge is -2.21. The van der Waals surface area contributed by atoms with Crippen molar-refractivity contribution >= 4 is 17.2 Å². The fourth-order valence-corrected chi connectivity index (χ4v) is 4.23. The van der Waals surface area contributed by atoms with Gasteiger partial charge >= 0.3 is 0 Å². The third-order valence-electron chi connectivity index (χ3n) is 4.61. The summed E-state index contributed by atoms with van der Waals surface area (Å²) in [6.07, 6.45) is 2.60. The van der Waals surface area contributed by atoms with Crippen LogP contribution in [0.3, 0.4) is 0 Å². The van der Waals surface area contributed by atoms with Crippen molar-refractivity contribution in [2.75, 3.05) is 6.54 Å². The Balaban J connectivity index is 1.60. The van der Waals surface area contributed by atoms with Crippen LogP contribution in [-0.2, 0) is 6.42 Å². The van der Waals surface area contributed by atoms with E-state index in [1.54, 1.807) is 0 Å². The van der Waals surface area contributed by atoms with E-state index in [0.29, 0.717) is 18.3 Å². The Bertz CT molecular complexity index is 919. The van der Waals surface area contributed by atoms with E-state index < -0.39 is 0 Å². The van der Waals surface area contributed by atoms with Crippen molar-refractivity contribution in [3.8, 4) is 11.4 Å². The van der Waals surface area contributed by atoms with Gasteiger partial charge in [-0.2, -0.15) is 4.98 Å². The van der Waals surface area contributed by atoms with E-state index in [0.717, 1.165) is 40.4 Å². The summed E-state index contributed by atoms with van der Waals surface area (Å²) in [5, 5.41) is 5.09. The highest BCUT2D eigenvalue weighted by Gasteiger charge is 2.36. The van der Waals surface area contributed by atoms with Crippen molar-refractivity contribution in [2.45, 2.75) is 39.2 Å². The Morgan fingerprint density at radius 2 is 2.12 bits per heavy atom. The maximum Gasteiger partial charge on any atom is 0.266 e. The number of hydrogen-bond acceptors (Lipinski definition) is 6. The second kappa shape index (κ2) is 6.99. The number of hydrogen-bond donors (Lipinski definition) is 0. The zero-order chi connectivity index (χ0) is 18.1. The van der Waals surface area contributed by atoms with Crippen molar-refractivity contribution in [2.24, 2.45) is 0 Å². The normalized spacial score (nSPS) is 17.0. The lowest BCUT2D eigenvalue weighted by Crippen LogP contribution is -2.30. The molecule has 134 valence electrons. The van der Waals surface area contributed by atoms with E-state index >= 15 is 0 Å². The number of amides is 1. The number of thiazole rings is 1. The number of benzene rings is 1. The van der Waals surface area contributed by atoms with E-state index in [4.69, 9.17) is 4.52 Å². The van der Waals surface area contributed by atoms with Crippen LogP contribution in [0.4, 0.5) is 0 Å². The van der Waals surface area contributed by atoms with Crippen LogP contribution in [0.25, 0.3) is 11.4 Å². The van der Waals surface area contributed by atoms with Crippen molar-refractivity contribution in [3.05, 3.63) is 51.8 Å². The number of rotatable bonds is 4. The van der Waals surface area contributed by atoms with Crippen molar-refractivity contribution in [1.82, 2.24) is 20.0 Å². The molecule has 1 atom stereocenters. The zero-order valence-corrected chi connectivity index (χ0v) is 15.6. The van der Waals surface area contributed by atoms with Gasteiger partial charge in [-0.3, -0.25) is 4.79 Å². The number of aryl methyl sites for hydroxylation is 2. The number of likely N-dealkylation sites (tertiary alicyclic amines) is 1. The molecule has 2 aromatic heterocycles. The van der Waals surface area contributed by atoms with Crippen LogP contribution in [-0.4, -0.2) is 32.5 Å². The van der Waals surface area contributed by atoms with Gasteiger partial charge in [0.2, 0.25) is 11.7 Å². The van der Waals surface area contributed by atoms with Gasteiger partial charge in [0, 0.05) is 12.1 Å². The molecule has 7 heteroatoms. The van der Waals surface area contributed by atoms with Gasteiger partial charge in [-0.25, -0.2) is 4.98 Å². The van der Waals surface area contributed by atoms with Crippen LogP contribution < -0.4 is 0 Å². The summed E-state index contributed by atoms with van der Waals surface area (Å²) >= 11 is 1.48. The molecule has 3 aromatic rings. The highest BCUT2D eigenvalue weighted by Crippen LogP contribution is 2.34. The largest absolute Gasteiger partial charge is 0.337 e. The Labute approximate surface area is 155 Å². The van der Waals surface area contributed by atoms with Gasteiger partial charge in [0.05, 0.1) is 10.7 Å². The summed E-state index contributed by atoms with van der Waals surface area (Å²) in [4.78, 5) is 24.7. The second-order valence-electron chi connectivity index (χ2n) is 6.35. The van der Waals surface area contributed by atoms with Crippen LogP contribution in [0.15, 0.2) is 34.9 Å². The molecule has 0 unspecified atom stereocenters. The molecule has 1 aliphatic heterocycles. The molecule has 0 N–H and O–H groups in total. The van der Waals surface area contributed by atoms with Gasteiger partial charge in [0.15, 0.2) is 0 Å². The summed E-state index contributed by atoms with van der Waals surface area (Å²) in [5.74, 6) is 1.08. The van der Waals surface area contributed by atoms with Gasteiger partial charge in [-0.15, -0.1) is 11.3 Å². The van der Waals surface area contributed by atoms with Crippen LogP contribution in [0.5, 0.6) is 0 Å². The van der Waals surface area contributed by atoms with Crippen LogP contribution >= 0.6 is 11.3 Å². The first kappa shape index (κ1) is 16.9. The molecule has 0 spiro atoms. The molecule has 0 saturated carbocycles. The van der Waals surface area contributed by atoms with Gasteiger partial charge in [0.25, 0.3) is 5.91 Å². The molecular weight excluding hydrogens is 348 g/mol. The van der Waals surface area contributed by atoms with Crippen LogP contribution in [0.2, 0.25) is 0 Å². The summed E-state index contributed by atoms with van der Waals surface area (Å²) < 4.78 is 5.51. The molecule has 1 saturated heterocycles. The third kappa shape index (κ3) is 3.03. The fraction of sp³-hybridized carbons (Fsp3) is 0.368.